The van der Waals surface area contributed by atoms with E-state index in [2.05, 4.69) is 41.1 Å². The molecule has 1 rings (SSSR count). The lowest BCUT2D eigenvalue weighted by molar-refractivity contribution is -0.864. The summed E-state index contributed by atoms with van der Waals surface area (Å²) in [6.07, 6.45) is 15.6. The average molecular weight is 327 g/mol. The van der Waals surface area contributed by atoms with Crippen LogP contribution in [-0.2, 0) is 9.47 Å². The fourth-order valence-corrected chi connectivity index (χ4v) is 3.05. The van der Waals surface area contributed by atoms with Crippen molar-refractivity contribution in [1.82, 2.24) is 0 Å². The van der Waals surface area contributed by atoms with Crippen LogP contribution in [0.25, 0.3) is 0 Å². The standard InChI is InChI=1S/C20H40NO2/c1-6-7-8-9-10-11-12-13-14-16-20(2)19(22-18-23-20)15-17-21(3,4)5/h15H,6-14,16-18H2,1-5H3/q+1/b19-15-. The summed E-state index contributed by atoms with van der Waals surface area (Å²) in [5.41, 5.74) is -0.198. The van der Waals surface area contributed by atoms with E-state index in [4.69, 9.17) is 9.47 Å². The van der Waals surface area contributed by atoms with Gasteiger partial charge in [-0.2, -0.15) is 0 Å². The van der Waals surface area contributed by atoms with Crippen LogP contribution < -0.4 is 0 Å². The Kier molecular flexibility index (Phi) is 9.23. The highest BCUT2D eigenvalue weighted by atomic mass is 16.7. The van der Waals surface area contributed by atoms with Crippen molar-refractivity contribution in [2.24, 2.45) is 0 Å². The van der Waals surface area contributed by atoms with E-state index in [0.717, 1.165) is 23.2 Å². The molecule has 23 heavy (non-hydrogen) atoms. The minimum absolute atomic E-state index is 0.198. The molecular formula is C20H40NO2+. The van der Waals surface area contributed by atoms with Gasteiger partial charge in [0, 0.05) is 6.08 Å². The molecule has 1 fully saturated rings. The lowest BCUT2D eigenvalue weighted by atomic mass is 9.95. The highest BCUT2D eigenvalue weighted by Gasteiger charge is 2.36. The lowest BCUT2D eigenvalue weighted by Gasteiger charge is -2.25. The van der Waals surface area contributed by atoms with Crippen LogP contribution in [0.5, 0.6) is 0 Å². The quantitative estimate of drug-likeness (QED) is 0.360. The van der Waals surface area contributed by atoms with Crippen LogP contribution in [0.15, 0.2) is 11.8 Å². The summed E-state index contributed by atoms with van der Waals surface area (Å²) in [4.78, 5) is 0. The molecule has 0 aliphatic carbocycles. The first kappa shape index (κ1) is 20.5. The van der Waals surface area contributed by atoms with Gasteiger partial charge in [0.1, 0.15) is 17.9 Å². The van der Waals surface area contributed by atoms with Crippen molar-refractivity contribution in [3.63, 3.8) is 0 Å². The monoisotopic (exact) mass is 326 g/mol. The Morgan fingerprint density at radius 3 is 2.09 bits per heavy atom. The first-order valence-corrected chi connectivity index (χ1v) is 9.65. The van der Waals surface area contributed by atoms with Crippen LogP contribution in [-0.4, -0.2) is 44.6 Å². The summed E-state index contributed by atoms with van der Waals surface area (Å²) in [7, 11) is 6.60. The number of likely N-dealkylation sites (N-methyl/N-ethyl adjacent to an activating group) is 1. The van der Waals surface area contributed by atoms with Crippen molar-refractivity contribution in [2.75, 3.05) is 34.5 Å². The Morgan fingerprint density at radius 2 is 1.52 bits per heavy atom. The number of quaternary nitrogens is 1. The van der Waals surface area contributed by atoms with Gasteiger partial charge in [0.15, 0.2) is 6.79 Å². The Hall–Kier alpha value is -0.540. The summed E-state index contributed by atoms with van der Waals surface area (Å²) < 4.78 is 12.5. The van der Waals surface area contributed by atoms with Crippen molar-refractivity contribution in [1.29, 1.82) is 0 Å². The van der Waals surface area contributed by atoms with Gasteiger partial charge in [-0.05, 0) is 13.3 Å². The fraction of sp³-hybridized carbons (Fsp3) is 0.900. The Morgan fingerprint density at radius 1 is 0.957 bits per heavy atom. The van der Waals surface area contributed by atoms with Crippen molar-refractivity contribution < 1.29 is 14.0 Å². The molecule has 0 aromatic carbocycles. The van der Waals surface area contributed by atoms with Gasteiger partial charge in [-0.1, -0.05) is 64.7 Å². The van der Waals surface area contributed by atoms with Gasteiger partial charge in [0.05, 0.1) is 21.1 Å². The highest BCUT2D eigenvalue weighted by molar-refractivity contribution is 5.11. The number of nitrogens with zero attached hydrogens (tertiary/aromatic N) is 1. The molecular weight excluding hydrogens is 286 g/mol. The Balaban J connectivity index is 2.19. The van der Waals surface area contributed by atoms with Crippen LogP contribution in [0.2, 0.25) is 0 Å². The minimum atomic E-state index is -0.198. The van der Waals surface area contributed by atoms with Gasteiger partial charge < -0.3 is 14.0 Å². The van der Waals surface area contributed by atoms with Crippen LogP contribution in [0.1, 0.15) is 78.1 Å². The second kappa shape index (κ2) is 10.4. The minimum Gasteiger partial charge on any atom is -0.469 e. The zero-order valence-corrected chi connectivity index (χ0v) is 16.3. The van der Waals surface area contributed by atoms with E-state index in [1.54, 1.807) is 0 Å². The largest absolute Gasteiger partial charge is 0.469 e. The molecule has 136 valence electrons. The third-order valence-corrected chi connectivity index (χ3v) is 4.69. The molecule has 0 radical (unpaired) electrons. The molecule has 0 spiro atoms. The predicted octanol–water partition coefficient (Wildman–Crippen LogP) is 5.26. The SMILES string of the molecule is CCCCCCCCCCCC1(C)OCO/C1=C\C[N+](C)(C)C. The Bertz CT molecular complexity index is 346. The molecule has 0 aromatic heterocycles. The number of rotatable bonds is 12. The normalized spacial score (nSPS) is 23.4. The van der Waals surface area contributed by atoms with Crippen LogP contribution >= 0.6 is 0 Å². The van der Waals surface area contributed by atoms with Gasteiger partial charge in [0.2, 0.25) is 0 Å². The molecule has 1 aliphatic rings. The van der Waals surface area contributed by atoms with E-state index in [1.807, 2.05) is 0 Å². The highest BCUT2D eigenvalue weighted by Crippen LogP contribution is 2.34. The molecule has 0 aromatic rings. The zero-order chi connectivity index (χ0) is 17.2. The number of ether oxygens (including phenoxy) is 2. The second-order valence-electron chi connectivity index (χ2n) is 8.26. The zero-order valence-electron chi connectivity index (χ0n) is 16.3. The molecule has 1 heterocycles. The molecule has 1 atom stereocenters. The van der Waals surface area contributed by atoms with Crippen molar-refractivity contribution in [3.05, 3.63) is 11.8 Å². The maximum atomic E-state index is 5.89. The number of hydrogen-bond donors (Lipinski definition) is 0. The van der Waals surface area contributed by atoms with Crippen LogP contribution in [0, 0.1) is 0 Å². The molecule has 3 nitrogen and oxygen atoms in total. The third kappa shape index (κ3) is 8.76. The molecule has 1 unspecified atom stereocenters. The number of unbranched alkanes of at least 4 members (excludes halogenated alkanes) is 8. The molecule has 0 bridgehead atoms. The third-order valence-electron chi connectivity index (χ3n) is 4.69. The molecule has 1 saturated heterocycles. The molecule has 3 heteroatoms. The van der Waals surface area contributed by atoms with E-state index in [0.29, 0.717) is 6.79 Å². The van der Waals surface area contributed by atoms with E-state index in [-0.39, 0.29) is 5.60 Å². The fourth-order valence-electron chi connectivity index (χ4n) is 3.05. The van der Waals surface area contributed by atoms with Crippen molar-refractivity contribution in [2.45, 2.75) is 83.7 Å². The van der Waals surface area contributed by atoms with Gasteiger partial charge in [-0.15, -0.1) is 0 Å². The summed E-state index contributed by atoms with van der Waals surface area (Å²) >= 11 is 0. The first-order valence-electron chi connectivity index (χ1n) is 9.65. The van der Waals surface area contributed by atoms with Gasteiger partial charge in [-0.3, -0.25) is 0 Å². The summed E-state index contributed by atoms with van der Waals surface area (Å²) in [5.74, 6) is 1.05. The van der Waals surface area contributed by atoms with Crippen molar-refractivity contribution >= 4 is 0 Å². The van der Waals surface area contributed by atoms with E-state index in [9.17, 15) is 0 Å². The first-order chi connectivity index (χ1) is 10.9. The molecule has 0 N–H and O–H groups in total. The topological polar surface area (TPSA) is 18.5 Å². The van der Waals surface area contributed by atoms with Crippen molar-refractivity contribution in [3.8, 4) is 0 Å². The number of hydrogen-bond acceptors (Lipinski definition) is 2. The van der Waals surface area contributed by atoms with E-state index >= 15 is 0 Å². The van der Waals surface area contributed by atoms with Gasteiger partial charge in [0.25, 0.3) is 0 Å². The summed E-state index contributed by atoms with van der Waals surface area (Å²) in [5, 5.41) is 0. The second-order valence-corrected chi connectivity index (χ2v) is 8.26. The molecule has 0 saturated carbocycles. The van der Waals surface area contributed by atoms with Gasteiger partial charge >= 0.3 is 0 Å². The average Bonchev–Trinajstić information content (AvgIpc) is 2.84. The Labute approximate surface area is 144 Å². The van der Waals surface area contributed by atoms with E-state index < -0.39 is 0 Å². The summed E-state index contributed by atoms with van der Waals surface area (Å²) in [6, 6.07) is 0. The van der Waals surface area contributed by atoms with Crippen LogP contribution in [0.4, 0.5) is 0 Å². The maximum Gasteiger partial charge on any atom is 0.189 e. The smallest absolute Gasteiger partial charge is 0.189 e. The maximum absolute atomic E-state index is 5.89. The van der Waals surface area contributed by atoms with E-state index in [1.165, 1.54) is 57.8 Å². The summed E-state index contributed by atoms with van der Waals surface area (Å²) in [6.45, 7) is 5.85. The van der Waals surface area contributed by atoms with Gasteiger partial charge in [-0.25, -0.2) is 0 Å². The predicted molar refractivity (Wildman–Crippen MR) is 98.3 cm³/mol. The molecule has 1 aliphatic heterocycles. The van der Waals surface area contributed by atoms with Crippen LogP contribution in [0.3, 0.4) is 0 Å². The lowest BCUT2D eigenvalue weighted by Crippen LogP contribution is -2.35. The molecule has 0 amide bonds.